The van der Waals surface area contributed by atoms with Crippen LogP contribution in [0.4, 0.5) is 5.69 Å². The largest absolute Gasteiger partial charge is 0.375 e. The van der Waals surface area contributed by atoms with Gasteiger partial charge in [-0.3, -0.25) is 4.21 Å². The van der Waals surface area contributed by atoms with Gasteiger partial charge in [-0.1, -0.05) is 29.7 Å². The molecule has 0 aliphatic rings. The molecule has 2 rings (SSSR count). The Morgan fingerprint density at radius 2 is 2.24 bits per heavy atom. The van der Waals surface area contributed by atoms with Crippen molar-refractivity contribution in [1.29, 1.82) is 0 Å². The molecule has 1 N–H and O–H groups in total. The van der Waals surface area contributed by atoms with Crippen molar-refractivity contribution in [2.75, 3.05) is 11.6 Å². The number of halogens is 1. The van der Waals surface area contributed by atoms with Crippen molar-refractivity contribution >= 4 is 28.1 Å². The Balaban J connectivity index is 2.02. The first-order valence-corrected chi connectivity index (χ1v) is 8.82. The molecule has 0 saturated heterocycles. The van der Waals surface area contributed by atoms with E-state index >= 15 is 0 Å². The second-order valence-corrected chi connectivity index (χ2v) is 6.58. The number of benzene rings is 1. The van der Waals surface area contributed by atoms with Crippen molar-refractivity contribution in [3.8, 4) is 0 Å². The first-order valence-electron chi connectivity index (χ1n) is 6.72. The van der Waals surface area contributed by atoms with Crippen LogP contribution in [0.2, 0.25) is 5.02 Å². The number of aromatic nitrogens is 2. The van der Waals surface area contributed by atoms with Gasteiger partial charge in [0.15, 0.2) is 5.82 Å². The minimum Gasteiger partial charge on any atom is -0.375 e. The first-order chi connectivity index (χ1) is 10.1. The van der Waals surface area contributed by atoms with E-state index in [9.17, 15) is 4.21 Å². The maximum atomic E-state index is 11.3. The van der Waals surface area contributed by atoms with Crippen LogP contribution in [0, 0.1) is 0 Å². The summed E-state index contributed by atoms with van der Waals surface area (Å²) in [4.78, 5) is 4.28. The molecule has 0 bridgehead atoms. The van der Waals surface area contributed by atoms with E-state index in [0.29, 0.717) is 23.2 Å². The summed E-state index contributed by atoms with van der Waals surface area (Å²) in [6.07, 6.45) is 3.46. The summed E-state index contributed by atoms with van der Waals surface area (Å²) < 4.78 is 16.4. The molecule has 2 aromatic rings. The molecule has 0 aliphatic heterocycles. The standard InChI is InChI=1S/C14H18ClN3O2S/c1-3-4-13-17-14(20-18-13)8-16-12-7-10(9-21(2)19)5-6-11(12)15/h5-7,16H,3-4,8-9H2,1-2H3/t21-/m1/s1. The van der Waals surface area contributed by atoms with Crippen molar-refractivity contribution in [3.63, 3.8) is 0 Å². The Labute approximate surface area is 131 Å². The number of anilines is 1. The van der Waals surface area contributed by atoms with E-state index in [-0.39, 0.29) is 0 Å². The van der Waals surface area contributed by atoms with Crippen LogP contribution in [0.25, 0.3) is 0 Å². The lowest BCUT2D eigenvalue weighted by atomic mass is 10.2. The number of aryl methyl sites for hydroxylation is 1. The highest BCUT2D eigenvalue weighted by atomic mass is 35.5. The molecule has 7 heteroatoms. The number of rotatable bonds is 7. The number of hydrogen-bond acceptors (Lipinski definition) is 5. The molecule has 0 saturated carbocycles. The highest BCUT2D eigenvalue weighted by Gasteiger charge is 2.08. The van der Waals surface area contributed by atoms with Crippen molar-refractivity contribution in [1.82, 2.24) is 10.1 Å². The summed E-state index contributed by atoms with van der Waals surface area (Å²) in [5.74, 6) is 1.75. The minimum absolute atomic E-state index is 0.412. The molecule has 1 heterocycles. The monoisotopic (exact) mass is 327 g/mol. The quantitative estimate of drug-likeness (QED) is 0.846. The van der Waals surface area contributed by atoms with E-state index in [2.05, 4.69) is 22.4 Å². The van der Waals surface area contributed by atoms with Gasteiger partial charge in [-0.25, -0.2) is 0 Å². The Bertz CT molecular complexity index is 630. The fourth-order valence-corrected chi connectivity index (χ4v) is 2.72. The number of nitrogens with one attached hydrogen (secondary N) is 1. The third kappa shape index (κ3) is 4.82. The molecule has 5 nitrogen and oxygen atoms in total. The molecule has 21 heavy (non-hydrogen) atoms. The molecule has 114 valence electrons. The highest BCUT2D eigenvalue weighted by Crippen LogP contribution is 2.24. The second-order valence-electron chi connectivity index (χ2n) is 4.74. The van der Waals surface area contributed by atoms with Gasteiger partial charge in [0.25, 0.3) is 0 Å². The third-order valence-electron chi connectivity index (χ3n) is 2.81. The van der Waals surface area contributed by atoms with E-state index in [1.54, 1.807) is 12.3 Å². The topological polar surface area (TPSA) is 68.0 Å². The zero-order valence-corrected chi connectivity index (χ0v) is 13.6. The number of hydrogen-bond donors (Lipinski definition) is 1. The summed E-state index contributed by atoms with van der Waals surface area (Å²) in [6.45, 7) is 2.48. The third-order valence-corrected chi connectivity index (χ3v) is 3.88. The van der Waals surface area contributed by atoms with Crippen LogP contribution in [0.1, 0.15) is 30.6 Å². The van der Waals surface area contributed by atoms with Gasteiger partial charge in [-0.05, 0) is 24.1 Å². The molecular weight excluding hydrogens is 310 g/mol. The first kappa shape index (κ1) is 16.0. The molecule has 0 spiro atoms. The van der Waals surface area contributed by atoms with E-state index in [1.807, 2.05) is 12.1 Å². The zero-order chi connectivity index (χ0) is 15.2. The van der Waals surface area contributed by atoms with Gasteiger partial charge < -0.3 is 9.84 Å². The summed E-state index contributed by atoms with van der Waals surface area (Å²) in [7, 11) is -0.882. The van der Waals surface area contributed by atoms with Crippen LogP contribution >= 0.6 is 11.6 Å². The van der Waals surface area contributed by atoms with Crippen LogP contribution in [0.3, 0.4) is 0 Å². The van der Waals surface area contributed by atoms with Crippen LogP contribution in [0.15, 0.2) is 22.7 Å². The summed E-state index contributed by atoms with van der Waals surface area (Å²) in [5, 5.41) is 7.67. The molecule has 1 aromatic carbocycles. The van der Waals surface area contributed by atoms with Gasteiger partial charge >= 0.3 is 0 Å². The lowest BCUT2D eigenvalue weighted by Gasteiger charge is -2.08. The Morgan fingerprint density at radius 1 is 1.43 bits per heavy atom. The summed E-state index contributed by atoms with van der Waals surface area (Å²) in [5.41, 5.74) is 1.75. The van der Waals surface area contributed by atoms with Crippen molar-refractivity contribution < 1.29 is 8.73 Å². The van der Waals surface area contributed by atoms with E-state index in [1.165, 1.54) is 0 Å². The van der Waals surface area contributed by atoms with Gasteiger partial charge in [0.1, 0.15) is 0 Å². The van der Waals surface area contributed by atoms with Crippen molar-refractivity contribution in [3.05, 3.63) is 40.5 Å². The van der Waals surface area contributed by atoms with Crippen LogP contribution in [0.5, 0.6) is 0 Å². The molecule has 0 amide bonds. The normalized spacial score (nSPS) is 12.3. The average Bonchev–Trinajstić information content (AvgIpc) is 2.87. The Hall–Kier alpha value is -1.40. The van der Waals surface area contributed by atoms with Crippen LogP contribution in [-0.2, 0) is 29.5 Å². The van der Waals surface area contributed by atoms with Gasteiger partial charge in [0, 0.05) is 29.2 Å². The van der Waals surface area contributed by atoms with Gasteiger partial charge in [0.05, 0.1) is 17.3 Å². The van der Waals surface area contributed by atoms with Crippen LogP contribution in [-0.4, -0.2) is 20.6 Å². The molecule has 0 fully saturated rings. The SMILES string of the molecule is CCCc1noc(CNc2cc(C[S@@](C)=O)ccc2Cl)n1. The van der Waals surface area contributed by atoms with Gasteiger partial charge in [-0.15, -0.1) is 0 Å². The van der Waals surface area contributed by atoms with E-state index in [4.69, 9.17) is 16.1 Å². The highest BCUT2D eigenvalue weighted by molar-refractivity contribution is 7.83. The molecule has 0 unspecified atom stereocenters. The van der Waals surface area contributed by atoms with Crippen molar-refractivity contribution in [2.45, 2.75) is 32.1 Å². The molecule has 1 atom stereocenters. The molecule has 0 aliphatic carbocycles. The van der Waals surface area contributed by atoms with E-state index in [0.717, 1.165) is 29.9 Å². The van der Waals surface area contributed by atoms with Crippen molar-refractivity contribution in [2.24, 2.45) is 0 Å². The Kier molecular flexibility index (Phi) is 5.76. The fraction of sp³-hybridized carbons (Fsp3) is 0.429. The number of nitrogens with zero attached hydrogens (tertiary/aromatic N) is 2. The second kappa shape index (κ2) is 7.56. The maximum Gasteiger partial charge on any atom is 0.245 e. The van der Waals surface area contributed by atoms with Gasteiger partial charge in [0.2, 0.25) is 5.89 Å². The van der Waals surface area contributed by atoms with E-state index < -0.39 is 10.8 Å². The molecule has 1 aromatic heterocycles. The predicted octanol–water partition coefficient (Wildman–Crippen LogP) is 3.17. The average molecular weight is 328 g/mol. The van der Waals surface area contributed by atoms with Crippen LogP contribution < -0.4 is 5.32 Å². The molecular formula is C14H18ClN3O2S. The Morgan fingerprint density at radius 3 is 2.95 bits per heavy atom. The summed E-state index contributed by atoms with van der Waals surface area (Å²) >= 11 is 6.15. The smallest absolute Gasteiger partial charge is 0.245 e. The predicted molar refractivity (Wildman–Crippen MR) is 84.8 cm³/mol. The lowest BCUT2D eigenvalue weighted by Crippen LogP contribution is -2.02. The maximum absolute atomic E-state index is 11.3. The van der Waals surface area contributed by atoms with Gasteiger partial charge in [-0.2, -0.15) is 4.98 Å². The zero-order valence-electron chi connectivity index (χ0n) is 12.1. The summed E-state index contributed by atoms with van der Waals surface area (Å²) in [6, 6.07) is 5.57. The fourth-order valence-electron chi connectivity index (χ4n) is 1.89. The lowest BCUT2D eigenvalue weighted by molar-refractivity contribution is 0.377. The molecule has 0 radical (unpaired) electrons. The minimum atomic E-state index is -0.882.